The molecular formula is C23H23ClFNO4. The molecule has 0 heterocycles. The molecule has 158 valence electrons. The van der Waals surface area contributed by atoms with E-state index in [2.05, 4.69) is 0 Å². The number of halogens is 2. The normalized spacial score (nSPS) is 11.1. The molecular weight excluding hydrogens is 409 g/mol. The molecule has 0 aliphatic carbocycles. The fraction of sp³-hybridized carbons (Fsp3) is 0.174. The number of phenolic OH excluding ortho intramolecular Hbond substituents is 1. The maximum absolute atomic E-state index is 13.5. The summed E-state index contributed by atoms with van der Waals surface area (Å²) < 4.78 is 24.3. The van der Waals surface area contributed by atoms with Crippen molar-refractivity contribution in [2.45, 2.75) is 19.4 Å². The summed E-state index contributed by atoms with van der Waals surface area (Å²) in [5, 5.41) is 9.18. The predicted molar refractivity (Wildman–Crippen MR) is 114 cm³/mol. The van der Waals surface area contributed by atoms with E-state index in [9.17, 15) is 9.18 Å². The van der Waals surface area contributed by atoms with Crippen molar-refractivity contribution in [3.8, 4) is 17.2 Å². The lowest BCUT2D eigenvalue weighted by molar-refractivity contribution is -0.146. The van der Waals surface area contributed by atoms with E-state index in [0.717, 1.165) is 5.56 Å². The Kier molecular flexibility index (Phi) is 9.12. The van der Waals surface area contributed by atoms with E-state index in [1.54, 1.807) is 49.4 Å². The number of carbonyl (C=O) groups excluding carboxylic acids is 1. The second-order valence-electron chi connectivity index (χ2n) is 6.33. The molecule has 3 N–H and O–H groups in total. The third-order valence-corrected chi connectivity index (χ3v) is 4.18. The van der Waals surface area contributed by atoms with Gasteiger partial charge < -0.3 is 20.3 Å². The van der Waals surface area contributed by atoms with Crippen LogP contribution in [0.15, 0.2) is 72.8 Å². The summed E-state index contributed by atoms with van der Waals surface area (Å²) in [5.74, 6) is 0.290. The SMILES string of the molecule is CC(Cc1ccc(F)cc1Oc1ccccc1)OC(=O)CN.Oc1ccccc1Cl. The highest BCUT2D eigenvalue weighted by molar-refractivity contribution is 6.31. The van der Waals surface area contributed by atoms with Crippen LogP contribution in [0.25, 0.3) is 0 Å². The second-order valence-corrected chi connectivity index (χ2v) is 6.73. The molecule has 0 saturated heterocycles. The second kappa shape index (κ2) is 11.8. The third kappa shape index (κ3) is 7.73. The van der Waals surface area contributed by atoms with Crippen LogP contribution in [-0.2, 0) is 16.0 Å². The van der Waals surface area contributed by atoms with E-state index in [1.807, 2.05) is 18.2 Å². The Labute approximate surface area is 179 Å². The Balaban J connectivity index is 0.000000335. The van der Waals surface area contributed by atoms with Crippen LogP contribution >= 0.6 is 11.6 Å². The molecule has 0 aliphatic rings. The molecule has 0 saturated carbocycles. The van der Waals surface area contributed by atoms with Crippen molar-refractivity contribution in [1.29, 1.82) is 0 Å². The molecule has 0 aromatic heterocycles. The lowest BCUT2D eigenvalue weighted by Crippen LogP contribution is -2.23. The van der Waals surface area contributed by atoms with E-state index in [1.165, 1.54) is 12.1 Å². The van der Waals surface area contributed by atoms with Gasteiger partial charge in [0.1, 0.15) is 29.2 Å². The smallest absolute Gasteiger partial charge is 0.319 e. The molecule has 1 atom stereocenters. The summed E-state index contributed by atoms with van der Waals surface area (Å²) >= 11 is 5.46. The first-order valence-electron chi connectivity index (χ1n) is 9.23. The van der Waals surface area contributed by atoms with Crippen molar-refractivity contribution < 1.29 is 23.8 Å². The van der Waals surface area contributed by atoms with E-state index < -0.39 is 5.97 Å². The van der Waals surface area contributed by atoms with E-state index in [0.29, 0.717) is 22.9 Å². The number of rotatable bonds is 6. The number of carbonyl (C=O) groups is 1. The van der Waals surface area contributed by atoms with Crippen molar-refractivity contribution in [3.63, 3.8) is 0 Å². The van der Waals surface area contributed by atoms with E-state index >= 15 is 0 Å². The van der Waals surface area contributed by atoms with E-state index in [-0.39, 0.29) is 24.2 Å². The zero-order valence-corrected chi connectivity index (χ0v) is 17.2. The Morgan fingerprint density at radius 2 is 1.77 bits per heavy atom. The van der Waals surface area contributed by atoms with Crippen LogP contribution in [0.5, 0.6) is 17.2 Å². The number of ether oxygens (including phenoxy) is 2. The van der Waals surface area contributed by atoms with Crippen molar-refractivity contribution in [2.75, 3.05) is 6.54 Å². The summed E-state index contributed by atoms with van der Waals surface area (Å²) in [4.78, 5) is 11.2. The monoisotopic (exact) mass is 431 g/mol. The summed E-state index contributed by atoms with van der Waals surface area (Å²) in [6.45, 7) is 1.59. The number of esters is 1. The predicted octanol–water partition coefficient (Wildman–Crippen LogP) is 5.10. The van der Waals surface area contributed by atoms with Crippen LogP contribution in [-0.4, -0.2) is 23.7 Å². The first kappa shape index (κ1) is 23.2. The van der Waals surface area contributed by atoms with Gasteiger partial charge in [0, 0.05) is 12.5 Å². The first-order valence-corrected chi connectivity index (χ1v) is 9.61. The minimum Gasteiger partial charge on any atom is -0.506 e. The Hall–Kier alpha value is -3.09. The number of hydrogen-bond donors (Lipinski definition) is 2. The lowest BCUT2D eigenvalue weighted by atomic mass is 10.1. The van der Waals surface area contributed by atoms with Crippen LogP contribution in [0.3, 0.4) is 0 Å². The fourth-order valence-corrected chi connectivity index (χ4v) is 2.62. The van der Waals surface area contributed by atoms with Gasteiger partial charge in [0.05, 0.1) is 11.6 Å². The average molecular weight is 432 g/mol. The quantitative estimate of drug-likeness (QED) is 0.531. The van der Waals surface area contributed by atoms with Crippen molar-refractivity contribution in [2.24, 2.45) is 5.73 Å². The maximum Gasteiger partial charge on any atom is 0.319 e. The number of para-hydroxylation sites is 2. The number of aromatic hydroxyl groups is 1. The minimum atomic E-state index is -0.472. The van der Waals surface area contributed by atoms with Crippen LogP contribution in [0.4, 0.5) is 4.39 Å². The molecule has 0 aliphatic heterocycles. The van der Waals surface area contributed by atoms with Gasteiger partial charge in [-0.1, -0.05) is 48.0 Å². The molecule has 5 nitrogen and oxygen atoms in total. The molecule has 1 unspecified atom stereocenters. The molecule has 3 rings (SSSR count). The molecule has 3 aromatic rings. The fourth-order valence-electron chi connectivity index (χ4n) is 2.48. The maximum atomic E-state index is 13.5. The summed E-state index contributed by atoms with van der Waals surface area (Å²) in [6.07, 6.45) is 0.0356. The van der Waals surface area contributed by atoms with Gasteiger partial charge in [0.2, 0.25) is 0 Å². The van der Waals surface area contributed by atoms with Crippen LogP contribution < -0.4 is 10.5 Å². The summed E-state index contributed by atoms with van der Waals surface area (Å²) in [6, 6.07) is 20.1. The van der Waals surface area contributed by atoms with E-state index in [4.69, 9.17) is 31.9 Å². The first-order chi connectivity index (χ1) is 14.4. The minimum absolute atomic E-state index is 0.133. The molecule has 30 heavy (non-hydrogen) atoms. The highest BCUT2D eigenvalue weighted by Gasteiger charge is 2.13. The number of benzene rings is 3. The summed E-state index contributed by atoms with van der Waals surface area (Å²) in [5.41, 5.74) is 5.97. The number of hydrogen-bond acceptors (Lipinski definition) is 5. The average Bonchev–Trinajstić information content (AvgIpc) is 2.73. The summed E-state index contributed by atoms with van der Waals surface area (Å²) in [7, 11) is 0. The van der Waals surface area contributed by atoms with Gasteiger partial charge in [-0.3, -0.25) is 4.79 Å². The highest BCUT2D eigenvalue weighted by atomic mass is 35.5. The molecule has 0 amide bonds. The third-order valence-electron chi connectivity index (χ3n) is 3.86. The van der Waals surface area contributed by atoms with Crippen molar-refractivity contribution in [1.82, 2.24) is 0 Å². The van der Waals surface area contributed by atoms with Crippen molar-refractivity contribution in [3.05, 3.63) is 89.2 Å². The zero-order valence-electron chi connectivity index (χ0n) is 16.4. The van der Waals surface area contributed by atoms with Gasteiger partial charge >= 0.3 is 5.97 Å². The molecule has 0 radical (unpaired) electrons. The lowest BCUT2D eigenvalue weighted by Gasteiger charge is -2.16. The van der Waals surface area contributed by atoms with Gasteiger partial charge in [-0.05, 0) is 42.8 Å². The van der Waals surface area contributed by atoms with Gasteiger partial charge in [0.25, 0.3) is 0 Å². The van der Waals surface area contributed by atoms with Crippen LogP contribution in [0.1, 0.15) is 12.5 Å². The van der Waals surface area contributed by atoms with Gasteiger partial charge in [-0.15, -0.1) is 0 Å². The Morgan fingerprint density at radius 1 is 1.10 bits per heavy atom. The van der Waals surface area contributed by atoms with Gasteiger partial charge in [0.15, 0.2) is 0 Å². The highest BCUT2D eigenvalue weighted by Crippen LogP contribution is 2.27. The van der Waals surface area contributed by atoms with Gasteiger partial charge in [-0.2, -0.15) is 0 Å². The van der Waals surface area contributed by atoms with Crippen LogP contribution in [0, 0.1) is 5.82 Å². The molecule has 7 heteroatoms. The zero-order chi connectivity index (χ0) is 21.9. The Bertz CT molecular complexity index is 932. The standard InChI is InChI=1S/C17H18FNO3.C6H5ClO/c1-12(21-17(20)11-19)9-13-7-8-14(18)10-16(13)22-15-5-3-2-4-6-15;7-5-3-1-2-4-6(5)8/h2-8,10,12H,9,11,19H2,1H3;1-4,8H. The van der Waals surface area contributed by atoms with Crippen LogP contribution in [0.2, 0.25) is 5.02 Å². The van der Waals surface area contributed by atoms with Crippen molar-refractivity contribution >= 4 is 17.6 Å². The number of phenols is 1. The topological polar surface area (TPSA) is 81.8 Å². The Morgan fingerprint density at radius 3 is 2.37 bits per heavy atom. The molecule has 0 spiro atoms. The molecule has 0 bridgehead atoms. The molecule has 3 aromatic carbocycles. The van der Waals surface area contributed by atoms with Gasteiger partial charge in [-0.25, -0.2) is 4.39 Å². The number of nitrogens with two attached hydrogens (primary N) is 1. The largest absolute Gasteiger partial charge is 0.506 e. The molecule has 0 fully saturated rings.